The van der Waals surface area contributed by atoms with Gasteiger partial charge in [-0.1, -0.05) is 62.1 Å². The van der Waals surface area contributed by atoms with Gasteiger partial charge in [-0.3, -0.25) is 4.79 Å². The molecule has 0 unspecified atom stereocenters. The average molecular weight is 398 g/mol. The zero-order chi connectivity index (χ0) is 20.8. The molecule has 0 aliphatic heterocycles. The van der Waals surface area contributed by atoms with Gasteiger partial charge in [-0.25, -0.2) is 0 Å². The molecule has 0 spiro atoms. The second-order valence-corrected chi connectivity index (χ2v) is 8.75. The fraction of sp³-hybridized carbons (Fsp3) is 0.560. The molecule has 0 aromatic heterocycles. The third-order valence-electron chi connectivity index (χ3n) is 6.56. The van der Waals surface area contributed by atoms with Crippen molar-refractivity contribution in [3.8, 4) is 0 Å². The number of allylic oxidation sites excluding steroid dienone is 2. The lowest BCUT2D eigenvalue weighted by Gasteiger charge is -2.19. The van der Waals surface area contributed by atoms with Gasteiger partial charge in [0.15, 0.2) is 0 Å². The predicted molar refractivity (Wildman–Crippen MR) is 116 cm³/mol. The Morgan fingerprint density at radius 2 is 2.14 bits per heavy atom. The van der Waals surface area contributed by atoms with Gasteiger partial charge in [0, 0.05) is 11.5 Å². The van der Waals surface area contributed by atoms with E-state index in [1.54, 1.807) is 6.07 Å². The zero-order valence-corrected chi connectivity index (χ0v) is 17.5. The van der Waals surface area contributed by atoms with Crippen molar-refractivity contribution >= 4 is 5.91 Å². The van der Waals surface area contributed by atoms with Crippen LogP contribution in [0.15, 0.2) is 48.1 Å². The van der Waals surface area contributed by atoms with E-state index in [1.165, 1.54) is 5.57 Å². The number of aliphatic hydroxyl groups is 2. The number of hydrogen-bond donors (Lipinski definition) is 3. The molecular formula is C25H35NO3. The molecule has 1 aromatic rings. The van der Waals surface area contributed by atoms with E-state index >= 15 is 0 Å². The number of rotatable bonds is 10. The molecular weight excluding hydrogens is 362 g/mol. The van der Waals surface area contributed by atoms with Crippen molar-refractivity contribution in [2.24, 2.45) is 23.5 Å². The number of primary amides is 1. The normalized spacial score (nSPS) is 27.2. The summed E-state index contributed by atoms with van der Waals surface area (Å²) in [6.07, 6.45) is 13.5. The predicted octanol–water partition coefficient (Wildman–Crippen LogP) is 4.16. The van der Waals surface area contributed by atoms with Crippen LogP contribution in [-0.2, 0) is 6.42 Å². The molecule has 3 rings (SSSR count). The third-order valence-corrected chi connectivity index (χ3v) is 6.56. The van der Waals surface area contributed by atoms with Crippen molar-refractivity contribution in [2.45, 2.75) is 70.5 Å². The molecule has 158 valence electrons. The minimum Gasteiger partial charge on any atom is -0.392 e. The van der Waals surface area contributed by atoms with Gasteiger partial charge in [0.25, 0.3) is 0 Å². The number of hydrogen-bond acceptors (Lipinski definition) is 3. The summed E-state index contributed by atoms with van der Waals surface area (Å²) in [5.41, 5.74) is 8.51. The molecule has 1 saturated carbocycles. The van der Waals surface area contributed by atoms with Gasteiger partial charge in [-0.15, -0.1) is 0 Å². The molecule has 0 heterocycles. The summed E-state index contributed by atoms with van der Waals surface area (Å²) in [5.74, 6) is 0.620. The molecule has 0 saturated heterocycles. The Balaban J connectivity index is 1.53. The highest BCUT2D eigenvalue weighted by Gasteiger charge is 2.43. The van der Waals surface area contributed by atoms with Crippen LogP contribution in [0, 0.1) is 17.8 Å². The molecule has 0 bridgehead atoms. The molecule has 2 aliphatic carbocycles. The molecule has 2 aliphatic rings. The quantitative estimate of drug-likeness (QED) is 0.409. The molecule has 1 aromatic carbocycles. The maximum Gasteiger partial charge on any atom is 0.248 e. The molecule has 4 nitrogen and oxygen atoms in total. The van der Waals surface area contributed by atoms with Crippen LogP contribution in [0.3, 0.4) is 0 Å². The third kappa shape index (κ3) is 5.80. The summed E-state index contributed by atoms with van der Waals surface area (Å²) < 4.78 is 0. The number of carbonyl (C=O) groups is 1. The Bertz CT molecular complexity index is 754. The molecule has 5 atom stereocenters. The number of unbranched alkanes of at least 4 members (excludes halogenated alkanes) is 2. The first-order chi connectivity index (χ1) is 14.0. The molecule has 4 heteroatoms. The number of fused-ring (bicyclic) bond motifs is 1. The van der Waals surface area contributed by atoms with E-state index in [-0.39, 0.29) is 17.9 Å². The highest BCUT2D eigenvalue weighted by Crippen LogP contribution is 2.48. The first-order valence-electron chi connectivity index (χ1n) is 11.1. The van der Waals surface area contributed by atoms with Crippen LogP contribution >= 0.6 is 0 Å². The monoisotopic (exact) mass is 397 g/mol. The number of amides is 1. The van der Waals surface area contributed by atoms with E-state index in [9.17, 15) is 15.0 Å². The first-order valence-corrected chi connectivity index (χ1v) is 11.1. The van der Waals surface area contributed by atoms with Crippen molar-refractivity contribution in [3.63, 3.8) is 0 Å². The van der Waals surface area contributed by atoms with Gasteiger partial charge in [0.2, 0.25) is 5.91 Å². The van der Waals surface area contributed by atoms with Crippen LogP contribution in [0.4, 0.5) is 0 Å². The smallest absolute Gasteiger partial charge is 0.248 e. The van der Waals surface area contributed by atoms with Gasteiger partial charge < -0.3 is 15.9 Å². The Labute approximate surface area is 174 Å². The van der Waals surface area contributed by atoms with Gasteiger partial charge in [0.05, 0.1) is 12.2 Å². The highest BCUT2D eigenvalue weighted by atomic mass is 16.3. The summed E-state index contributed by atoms with van der Waals surface area (Å²) >= 11 is 0. The lowest BCUT2D eigenvalue weighted by molar-refractivity contribution is 0.1000. The Morgan fingerprint density at radius 3 is 2.90 bits per heavy atom. The van der Waals surface area contributed by atoms with E-state index in [0.29, 0.717) is 17.4 Å². The van der Waals surface area contributed by atoms with Crippen molar-refractivity contribution in [2.75, 3.05) is 0 Å². The second kappa shape index (κ2) is 10.2. The molecule has 4 N–H and O–H groups in total. The summed E-state index contributed by atoms with van der Waals surface area (Å²) in [6, 6.07) is 7.56. The summed E-state index contributed by atoms with van der Waals surface area (Å²) in [6.45, 7) is 2.16. The van der Waals surface area contributed by atoms with Crippen LogP contribution in [0.1, 0.15) is 67.8 Å². The highest BCUT2D eigenvalue weighted by molar-refractivity contribution is 5.92. The summed E-state index contributed by atoms with van der Waals surface area (Å²) in [5, 5.41) is 20.7. The van der Waals surface area contributed by atoms with E-state index in [4.69, 9.17) is 5.73 Å². The molecule has 29 heavy (non-hydrogen) atoms. The van der Waals surface area contributed by atoms with Crippen LogP contribution in [-0.4, -0.2) is 28.3 Å². The van der Waals surface area contributed by atoms with Crippen LogP contribution < -0.4 is 5.73 Å². The van der Waals surface area contributed by atoms with Gasteiger partial charge >= 0.3 is 0 Å². The zero-order valence-electron chi connectivity index (χ0n) is 17.5. The lowest BCUT2D eigenvalue weighted by Crippen LogP contribution is -2.18. The van der Waals surface area contributed by atoms with E-state index in [2.05, 4.69) is 19.1 Å². The van der Waals surface area contributed by atoms with Crippen LogP contribution in [0.25, 0.3) is 0 Å². The Kier molecular flexibility index (Phi) is 7.68. The summed E-state index contributed by atoms with van der Waals surface area (Å²) in [7, 11) is 0. The second-order valence-electron chi connectivity index (χ2n) is 8.75. The fourth-order valence-electron chi connectivity index (χ4n) is 4.93. The van der Waals surface area contributed by atoms with Gasteiger partial charge in [-0.05, 0) is 61.6 Å². The Morgan fingerprint density at radius 1 is 1.31 bits per heavy atom. The van der Waals surface area contributed by atoms with Crippen molar-refractivity contribution in [1.29, 1.82) is 0 Å². The van der Waals surface area contributed by atoms with Gasteiger partial charge in [0.1, 0.15) is 0 Å². The van der Waals surface area contributed by atoms with Crippen molar-refractivity contribution < 1.29 is 15.0 Å². The maximum absolute atomic E-state index is 11.4. The van der Waals surface area contributed by atoms with Crippen LogP contribution in [0.2, 0.25) is 0 Å². The average Bonchev–Trinajstić information content (AvgIpc) is 3.21. The first kappa shape index (κ1) is 21.8. The van der Waals surface area contributed by atoms with Crippen LogP contribution in [0.5, 0.6) is 0 Å². The SMILES string of the molecule is CCCCC[C@H](O)/C=C/[C@@H]1[C@H]2CC(CCc3cccc(C(N)=O)c3)=C[C@H]2C[C@H]1O. The largest absolute Gasteiger partial charge is 0.392 e. The standard InChI is InChI=1S/C25H35NO3/c1-2-3-4-8-21(27)11-12-22-23-15-18(14-20(23)16-24(22)28)10-9-17-6-5-7-19(13-17)25(26)29/h5-7,11-14,20-24,27-28H,2-4,8-10,15-16H2,1H3,(H2,26,29)/b12-11+/t20-,21-,22+,23-,24+/m0/s1. The molecule has 0 radical (unpaired) electrons. The maximum atomic E-state index is 11.4. The number of aliphatic hydroxyl groups excluding tert-OH is 2. The number of benzene rings is 1. The van der Waals surface area contributed by atoms with E-state index in [1.807, 2.05) is 24.3 Å². The summed E-state index contributed by atoms with van der Waals surface area (Å²) in [4.78, 5) is 11.4. The molecule has 1 amide bonds. The lowest BCUT2D eigenvalue weighted by atomic mass is 9.88. The van der Waals surface area contributed by atoms with Crippen molar-refractivity contribution in [3.05, 3.63) is 59.2 Å². The number of carbonyl (C=O) groups excluding carboxylic acids is 1. The minimum absolute atomic E-state index is 0.132. The molecule has 1 fully saturated rings. The number of aryl methyl sites for hydroxylation is 1. The fourth-order valence-corrected chi connectivity index (χ4v) is 4.93. The van der Waals surface area contributed by atoms with E-state index in [0.717, 1.165) is 56.9 Å². The number of nitrogens with two attached hydrogens (primary N) is 1. The van der Waals surface area contributed by atoms with Gasteiger partial charge in [-0.2, -0.15) is 0 Å². The minimum atomic E-state index is -0.404. The van der Waals surface area contributed by atoms with E-state index < -0.39 is 6.10 Å². The van der Waals surface area contributed by atoms with Crippen molar-refractivity contribution in [1.82, 2.24) is 0 Å². The topological polar surface area (TPSA) is 83.5 Å². The Hall–Kier alpha value is -1.91.